The average molecular weight is 401 g/mol. The quantitative estimate of drug-likeness (QED) is 0.533. The van der Waals surface area contributed by atoms with E-state index in [-0.39, 0.29) is 29.5 Å². The molecule has 1 fully saturated rings. The Balaban J connectivity index is 1.48. The Morgan fingerprint density at radius 3 is 2.48 bits per heavy atom. The second-order valence-electron chi connectivity index (χ2n) is 6.87. The van der Waals surface area contributed by atoms with Crippen molar-refractivity contribution >= 4 is 11.6 Å². The minimum atomic E-state index is -0.661. The van der Waals surface area contributed by atoms with E-state index < -0.39 is 11.0 Å². The van der Waals surface area contributed by atoms with Crippen LogP contribution in [0.15, 0.2) is 48.5 Å². The van der Waals surface area contributed by atoms with E-state index in [1.54, 1.807) is 4.90 Å². The third-order valence-corrected chi connectivity index (χ3v) is 4.67. The number of para-hydroxylation sites is 1. The number of non-ortho nitro benzene ring substituents is 1. The number of carbonyl (C=O) groups is 1. The van der Waals surface area contributed by atoms with Crippen LogP contribution in [0, 0.1) is 10.1 Å². The molecule has 0 radical (unpaired) electrons. The highest BCUT2D eigenvalue weighted by Gasteiger charge is 2.25. The lowest BCUT2D eigenvalue weighted by Gasteiger charge is -2.35. The molecule has 29 heavy (non-hydrogen) atoms. The Kier molecular flexibility index (Phi) is 6.63. The number of hydrogen-bond acceptors (Lipinski definition) is 7. The van der Waals surface area contributed by atoms with Gasteiger partial charge in [-0.2, -0.15) is 0 Å². The topological polar surface area (TPSA) is 116 Å². The number of nitro benzene ring substituents is 1. The Morgan fingerprint density at radius 2 is 1.83 bits per heavy atom. The summed E-state index contributed by atoms with van der Waals surface area (Å²) in [6, 6.07) is 12.7. The van der Waals surface area contributed by atoms with E-state index in [9.17, 15) is 25.1 Å². The van der Waals surface area contributed by atoms with Crippen LogP contribution >= 0.6 is 0 Å². The maximum atomic E-state index is 12.6. The zero-order valence-electron chi connectivity index (χ0n) is 15.8. The normalized spacial score (nSPS) is 15.7. The number of carbonyl (C=O) groups excluding carboxylic acids is 1. The smallest absolute Gasteiger partial charge is 0.273 e. The van der Waals surface area contributed by atoms with Crippen molar-refractivity contribution in [1.29, 1.82) is 0 Å². The number of rotatable bonds is 7. The molecule has 1 aliphatic heterocycles. The number of phenolic OH excluding ortho intramolecular Hbond substituents is 1. The highest BCUT2D eigenvalue weighted by atomic mass is 16.6. The molecule has 1 saturated heterocycles. The molecule has 3 rings (SSSR count). The molecule has 1 atom stereocenters. The van der Waals surface area contributed by atoms with Crippen molar-refractivity contribution in [3.8, 4) is 11.5 Å². The first-order valence-corrected chi connectivity index (χ1v) is 9.28. The molecule has 0 spiro atoms. The van der Waals surface area contributed by atoms with Gasteiger partial charge in [-0.15, -0.1) is 0 Å². The molecule has 1 amide bonds. The van der Waals surface area contributed by atoms with Crippen molar-refractivity contribution in [3.63, 3.8) is 0 Å². The molecule has 0 aliphatic carbocycles. The van der Waals surface area contributed by atoms with Crippen LogP contribution in [-0.4, -0.2) is 76.3 Å². The molecule has 1 unspecified atom stereocenters. The summed E-state index contributed by atoms with van der Waals surface area (Å²) in [6.07, 6.45) is -0.661. The van der Waals surface area contributed by atoms with Gasteiger partial charge in [0.2, 0.25) is 0 Å². The summed E-state index contributed by atoms with van der Waals surface area (Å²) in [4.78, 5) is 26.5. The van der Waals surface area contributed by atoms with Crippen molar-refractivity contribution in [3.05, 3.63) is 64.2 Å². The monoisotopic (exact) mass is 401 g/mol. The number of phenols is 1. The summed E-state index contributed by atoms with van der Waals surface area (Å²) in [5.41, 5.74) is -0.241. The summed E-state index contributed by atoms with van der Waals surface area (Å²) in [5, 5.41) is 30.8. The third-order valence-electron chi connectivity index (χ3n) is 4.67. The van der Waals surface area contributed by atoms with Gasteiger partial charge in [-0.3, -0.25) is 19.8 Å². The Morgan fingerprint density at radius 1 is 1.14 bits per heavy atom. The van der Waals surface area contributed by atoms with Crippen molar-refractivity contribution in [2.24, 2.45) is 0 Å². The molecule has 2 N–H and O–H groups in total. The van der Waals surface area contributed by atoms with Crippen LogP contribution in [0.25, 0.3) is 0 Å². The van der Waals surface area contributed by atoms with Crippen LogP contribution in [0.5, 0.6) is 11.5 Å². The van der Waals surface area contributed by atoms with Gasteiger partial charge in [0.15, 0.2) is 0 Å². The summed E-state index contributed by atoms with van der Waals surface area (Å²) < 4.78 is 5.55. The number of β-amino-alcohol motifs (C(OH)–C–C–N with tert-alkyl or cyclic N) is 1. The lowest BCUT2D eigenvalue weighted by Crippen LogP contribution is -2.51. The molecule has 0 aromatic heterocycles. The first kappa shape index (κ1) is 20.6. The number of aliphatic hydroxyl groups excluding tert-OH is 1. The molecule has 1 heterocycles. The van der Waals surface area contributed by atoms with Crippen LogP contribution < -0.4 is 4.74 Å². The number of hydrogen-bond donors (Lipinski definition) is 2. The second kappa shape index (κ2) is 9.35. The lowest BCUT2D eigenvalue weighted by atomic mass is 10.1. The predicted octanol–water partition coefficient (Wildman–Crippen LogP) is 1.50. The Labute approximate surface area is 167 Å². The highest BCUT2D eigenvalue weighted by Crippen LogP contribution is 2.23. The predicted molar refractivity (Wildman–Crippen MR) is 105 cm³/mol. The molecule has 2 aromatic carbocycles. The average Bonchev–Trinajstić information content (AvgIpc) is 2.72. The van der Waals surface area contributed by atoms with E-state index in [0.717, 1.165) is 6.07 Å². The van der Waals surface area contributed by atoms with Crippen molar-refractivity contribution in [1.82, 2.24) is 9.80 Å². The molecule has 2 aromatic rings. The Hall–Kier alpha value is -3.17. The minimum absolute atomic E-state index is 0.0847. The largest absolute Gasteiger partial charge is 0.508 e. The van der Waals surface area contributed by atoms with Crippen LogP contribution in [0.4, 0.5) is 5.69 Å². The third kappa shape index (κ3) is 5.66. The molecule has 9 heteroatoms. The highest BCUT2D eigenvalue weighted by molar-refractivity contribution is 5.95. The number of aliphatic hydroxyl groups is 1. The Bertz CT molecular complexity index is 853. The van der Waals surface area contributed by atoms with Crippen LogP contribution in [-0.2, 0) is 0 Å². The molecule has 9 nitrogen and oxygen atoms in total. The van der Waals surface area contributed by atoms with E-state index >= 15 is 0 Å². The summed E-state index contributed by atoms with van der Waals surface area (Å²) >= 11 is 0. The zero-order chi connectivity index (χ0) is 20.8. The van der Waals surface area contributed by atoms with Gasteiger partial charge in [0.1, 0.15) is 24.2 Å². The van der Waals surface area contributed by atoms with E-state index in [1.165, 1.54) is 12.1 Å². The maximum Gasteiger partial charge on any atom is 0.273 e. The minimum Gasteiger partial charge on any atom is -0.508 e. The summed E-state index contributed by atoms with van der Waals surface area (Å²) in [7, 11) is 0. The second-order valence-corrected chi connectivity index (χ2v) is 6.87. The van der Waals surface area contributed by atoms with E-state index in [0.29, 0.717) is 38.5 Å². The van der Waals surface area contributed by atoms with Crippen LogP contribution in [0.2, 0.25) is 0 Å². The van der Waals surface area contributed by atoms with Gasteiger partial charge in [0.25, 0.3) is 11.6 Å². The lowest BCUT2D eigenvalue weighted by molar-refractivity contribution is -0.385. The van der Waals surface area contributed by atoms with Crippen molar-refractivity contribution in [2.45, 2.75) is 6.10 Å². The van der Waals surface area contributed by atoms with Crippen molar-refractivity contribution < 1.29 is 24.7 Å². The molecule has 154 valence electrons. The number of aromatic hydroxyl groups is 1. The number of ether oxygens (including phenoxy) is 1. The van der Waals surface area contributed by atoms with E-state index in [1.807, 2.05) is 35.2 Å². The first-order valence-electron chi connectivity index (χ1n) is 9.28. The summed E-state index contributed by atoms with van der Waals surface area (Å²) in [5.74, 6) is 0.0153. The zero-order valence-corrected chi connectivity index (χ0v) is 15.8. The van der Waals surface area contributed by atoms with Gasteiger partial charge in [-0.05, 0) is 18.2 Å². The number of nitro groups is 1. The maximum absolute atomic E-state index is 12.6. The fourth-order valence-electron chi connectivity index (χ4n) is 3.20. The van der Waals surface area contributed by atoms with Crippen LogP contribution in [0.3, 0.4) is 0 Å². The SMILES string of the molecule is O=C(c1cc(O)cc([N+](=O)[O-])c1)N1CCN(CC(O)COc2ccccc2)CC1. The van der Waals surface area contributed by atoms with Gasteiger partial charge in [0, 0.05) is 38.8 Å². The molecular formula is C20H23N3O6. The standard InChI is InChI=1S/C20H23N3O6/c24-17-11-15(10-16(12-17)23(27)28)20(26)22-8-6-21(7-9-22)13-18(25)14-29-19-4-2-1-3-5-19/h1-5,10-12,18,24-25H,6-9,13-14H2. The van der Waals surface area contributed by atoms with Gasteiger partial charge in [0.05, 0.1) is 16.6 Å². The number of nitrogens with zero attached hydrogens (tertiary/aromatic N) is 3. The number of amides is 1. The van der Waals surface area contributed by atoms with Gasteiger partial charge in [-0.25, -0.2) is 0 Å². The summed E-state index contributed by atoms with van der Waals surface area (Å²) in [6.45, 7) is 2.58. The van der Waals surface area contributed by atoms with Gasteiger partial charge in [-0.1, -0.05) is 18.2 Å². The number of piperazine rings is 1. The fraction of sp³-hybridized carbons (Fsp3) is 0.350. The fourth-order valence-corrected chi connectivity index (χ4v) is 3.20. The van der Waals surface area contributed by atoms with Crippen LogP contribution in [0.1, 0.15) is 10.4 Å². The molecular weight excluding hydrogens is 378 g/mol. The number of benzene rings is 2. The van der Waals surface area contributed by atoms with Gasteiger partial charge < -0.3 is 19.8 Å². The first-order chi connectivity index (χ1) is 13.9. The van der Waals surface area contributed by atoms with E-state index in [4.69, 9.17) is 4.74 Å². The van der Waals surface area contributed by atoms with E-state index in [2.05, 4.69) is 0 Å². The molecule has 0 bridgehead atoms. The molecule has 0 saturated carbocycles. The van der Waals surface area contributed by atoms with Gasteiger partial charge >= 0.3 is 0 Å². The van der Waals surface area contributed by atoms with Crippen molar-refractivity contribution in [2.75, 3.05) is 39.3 Å². The molecule has 1 aliphatic rings.